The van der Waals surface area contributed by atoms with Crippen molar-refractivity contribution in [1.29, 1.82) is 0 Å². The van der Waals surface area contributed by atoms with Crippen LogP contribution in [-0.2, 0) is 7.05 Å². The number of hydrogen-bond donors (Lipinski definition) is 0. The van der Waals surface area contributed by atoms with Crippen LogP contribution in [0.2, 0.25) is 0 Å². The number of aromatic nitrogens is 2. The maximum Gasteiger partial charge on any atom is 0.260 e. The van der Waals surface area contributed by atoms with Gasteiger partial charge in [0.25, 0.3) is 12.5 Å². The summed E-state index contributed by atoms with van der Waals surface area (Å²) in [6.45, 7) is 4.35. The number of ether oxygens (including phenoxy) is 2. The van der Waals surface area contributed by atoms with Crippen LogP contribution >= 0.6 is 0 Å². The van der Waals surface area contributed by atoms with E-state index in [9.17, 15) is 0 Å². The van der Waals surface area contributed by atoms with Crippen molar-refractivity contribution in [3.63, 3.8) is 0 Å². The minimum absolute atomic E-state index is 0.0356. The topological polar surface area (TPSA) is 40.4 Å². The highest BCUT2D eigenvalue weighted by molar-refractivity contribution is 6.98. The summed E-state index contributed by atoms with van der Waals surface area (Å²) in [5.41, 5.74) is 9.54. The van der Waals surface area contributed by atoms with Crippen LogP contribution in [0.4, 0.5) is 0 Å². The minimum atomic E-state index is 0.0356. The van der Waals surface area contributed by atoms with E-state index in [1.54, 1.807) is 0 Å². The monoisotopic (exact) mass is 519 g/mol. The molecule has 0 fully saturated rings. The van der Waals surface area contributed by atoms with Crippen molar-refractivity contribution in [3.8, 4) is 28.7 Å². The molecule has 0 saturated carbocycles. The quantitative estimate of drug-likeness (QED) is 0.207. The fourth-order valence-corrected chi connectivity index (χ4v) is 6.84. The van der Waals surface area contributed by atoms with E-state index in [0.29, 0.717) is 0 Å². The van der Waals surface area contributed by atoms with Crippen molar-refractivity contribution in [3.05, 3.63) is 102 Å². The normalized spacial score (nSPS) is 13.2. The third-order valence-electron chi connectivity index (χ3n) is 8.76. The zero-order valence-electron chi connectivity index (χ0n) is 22.4. The summed E-state index contributed by atoms with van der Waals surface area (Å²) >= 11 is 0. The van der Waals surface area contributed by atoms with Crippen LogP contribution in [0.15, 0.2) is 95.4 Å². The second-order valence-corrected chi connectivity index (χ2v) is 10.8. The molecule has 5 aromatic carbocycles. The maximum absolute atomic E-state index is 6.77. The second-order valence-electron chi connectivity index (χ2n) is 10.8. The van der Waals surface area contributed by atoms with Crippen LogP contribution in [0.25, 0.3) is 38.7 Å². The Hall–Kier alpha value is -4.97. The Balaban J connectivity index is 1.36. The summed E-state index contributed by atoms with van der Waals surface area (Å²) in [7, 11) is 2.12. The molecule has 190 valence electrons. The van der Waals surface area contributed by atoms with E-state index in [1.807, 2.05) is 36.4 Å². The Labute approximate surface area is 230 Å². The zero-order valence-corrected chi connectivity index (χ0v) is 22.4. The van der Waals surface area contributed by atoms with Gasteiger partial charge >= 0.3 is 0 Å². The van der Waals surface area contributed by atoms with Gasteiger partial charge in [-0.05, 0) is 54.2 Å². The Morgan fingerprint density at radius 2 is 1.48 bits per heavy atom. The van der Waals surface area contributed by atoms with E-state index >= 15 is 0 Å². The molecular weight excluding hydrogens is 495 g/mol. The molecule has 2 aliphatic heterocycles. The third-order valence-corrected chi connectivity index (χ3v) is 8.76. The minimum Gasteiger partial charge on any atom is -0.458 e. The lowest BCUT2D eigenvalue weighted by molar-refractivity contribution is -0.652. The number of hydrogen-bond acceptors (Lipinski definition) is 3. The van der Waals surface area contributed by atoms with Gasteiger partial charge in [-0.2, -0.15) is 4.57 Å². The number of furan rings is 1. The van der Waals surface area contributed by atoms with Crippen LogP contribution < -0.4 is 30.4 Å². The van der Waals surface area contributed by atoms with E-state index in [-0.39, 0.29) is 6.71 Å². The number of benzene rings is 5. The molecule has 40 heavy (non-hydrogen) atoms. The summed E-state index contributed by atoms with van der Waals surface area (Å²) < 4.78 is 24.2. The second kappa shape index (κ2) is 7.57. The molecule has 0 aliphatic carbocycles. The molecule has 9 rings (SSSR count). The summed E-state index contributed by atoms with van der Waals surface area (Å²) in [4.78, 5) is 0. The average molecular weight is 519 g/mol. The van der Waals surface area contributed by atoms with Crippen LogP contribution in [0, 0.1) is 13.8 Å². The largest absolute Gasteiger partial charge is 0.458 e. The van der Waals surface area contributed by atoms with E-state index < -0.39 is 0 Å². The lowest BCUT2D eigenvalue weighted by Crippen LogP contribution is -2.57. The molecule has 0 spiro atoms. The molecule has 0 atom stereocenters. The molecule has 6 heteroatoms. The molecule has 2 aliphatic rings. The Kier molecular flexibility index (Phi) is 4.15. The molecular formula is C34H24BN2O3+. The summed E-state index contributed by atoms with van der Waals surface area (Å²) in [5.74, 6) is 4.59. The SMILES string of the molecule is Cc1ccc2c(oc3ccccc32)c1-n1c(C)[n+](C)c2c3c(ccc21)B1c2ccccc2Oc2cccc(c21)O3. The highest BCUT2D eigenvalue weighted by Crippen LogP contribution is 2.40. The van der Waals surface area contributed by atoms with E-state index in [1.165, 1.54) is 0 Å². The summed E-state index contributed by atoms with van der Waals surface area (Å²) in [5, 5.41) is 2.25. The molecule has 0 unspecified atom stereocenters. The molecule has 0 N–H and O–H groups in total. The zero-order chi connectivity index (χ0) is 26.7. The predicted octanol–water partition coefficient (Wildman–Crippen LogP) is 5.70. The number of aryl methyl sites for hydroxylation is 2. The number of fused-ring (bicyclic) bond motifs is 9. The van der Waals surface area contributed by atoms with Crippen molar-refractivity contribution in [2.24, 2.45) is 7.05 Å². The number of rotatable bonds is 1. The fraction of sp³-hybridized carbons (Fsp3) is 0.0882. The van der Waals surface area contributed by atoms with Gasteiger partial charge in [-0.25, -0.2) is 4.57 Å². The van der Waals surface area contributed by atoms with Crippen LogP contribution in [0.1, 0.15) is 11.4 Å². The highest BCUT2D eigenvalue weighted by atomic mass is 16.5. The van der Waals surface area contributed by atoms with Gasteiger partial charge in [0.15, 0.2) is 22.5 Å². The van der Waals surface area contributed by atoms with Crippen molar-refractivity contribution in [2.45, 2.75) is 13.8 Å². The molecule has 5 nitrogen and oxygen atoms in total. The molecule has 2 aromatic heterocycles. The number of nitrogens with zero attached hydrogens (tertiary/aromatic N) is 2. The van der Waals surface area contributed by atoms with E-state index in [2.05, 4.69) is 84.6 Å². The van der Waals surface area contributed by atoms with Gasteiger partial charge in [-0.15, -0.1) is 0 Å². The Morgan fingerprint density at radius 3 is 2.38 bits per heavy atom. The Bertz CT molecular complexity index is 2230. The number of para-hydroxylation sites is 2. The average Bonchev–Trinajstić information content (AvgIpc) is 3.47. The van der Waals surface area contributed by atoms with Crippen LogP contribution in [0.3, 0.4) is 0 Å². The van der Waals surface area contributed by atoms with Crippen molar-refractivity contribution >= 4 is 56.1 Å². The van der Waals surface area contributed by atoms with Crippen molar-refractivity contribution < 1.29 is 18.5 Å². The standard InChI is InChI=1S/C34H24BN2O3/c1-19-15-16-22-21-9-4-6-11-26(21)39-33(22)31(19)37-20(2)36(3)32-25(37)18-17-24-34(32)40-29-14-8-13-28-30(29)35(24)23-10-5-7-12-27(23)38-28/h4-18H,1-3H3/q+1. The summed E-state index contributed by atoms with van der Waals surface area (Å²) in [6, 6.07) is 31.5. The molecule has 7 aromatic rings. The maximum atomic E-state index is 6.77. The Morgan fingerprint density at radius 1 is 0.700 bits per heavy atom. The first kappa shape index (κ1) is 21.9. The molecule has 0 amide bonds. The van der Waals surface area contributed by atoms with E-state index in [0.717, 1.165) is 89.4 Å². The van der Waals surface area contributed by atoms with Crippen LogP contribution in [0.5, 0.6) is 23.0 Å². The first-order valence-electron chi connectivity index (χ1n) is 13.6. The van der Waals surface area contributed by atoms with Crippen molar-refractivity contribution in [1.82, 2.24) is 4.57 Å². The van der Waals surface area contributed by atoms with Gasteiger partial charge in [-0.1, -0.05) is 54.6 Å². The smallest absolute Gasteiger partial charge is 0.260 e. The lowest BCUT2D eigenvalue weighted by Gasteiger charge is -2.32. The van der Waals surface area contributed by atoms with Gasteiger partial charge in [0.05, 0.1) is 7.05 Å². The third kappa shape index (κ3) is 2.65. The van der Waals surface area contributed by atoms with Gasteiger partial charge in [0.2, 0.25) is 5.52 Å². The van der Waals surface area contributed by atoms with Gasteiger partial charge in [0.1, 0.15) is 22.8 Å². The van der Waals surface area contributed by atoms with E-state index in [4.69, 9.17) is 13.9 Å². The summed E-state index contributed by atoms with van der Waals surface area (Å²) in [6.07, 6.45) is 0. The molecule has 0 saturated heterocycles. The number of imidazole rings is 1. The fourth-order valence-electron chi connectivity index (χ4n) is 6.84. The molecule has 4 heterocycles. The first-order valence-corrected chi connectivity index (χ1v) is 13.6. The van der Waals surface area contributed by atoms with Crippen LogP contribution in [-0.4, -0.2) is 11.3 Å². The van der Waals surface area contributed by atoms with Gasteiger partial charge in [0, 0.05) is 28.7 Å². The predicted molar refractivity (Wildman–Crippen MR) is 159 cm³/mol. The van der Waals surface area contributed by atoms with Gasteiger partial charge < -0.3 is 13.9 Å². The highest BCUT2D eigenvalue weighted by Gasteiger charge is 2.42. The first-order chi connectivity index (χ1) is 19.6. The molecule has 0 bridgehead atoms. The lowest BCUT2D eigenvalue weighted by atomic mass is 9.35. The molecule has 0 radical (unpaired) electrons. The van der Waals surface area contributed by atoms with Gasteiger partial charge in [-0.3, -0.25) is 0 Å². The van der Waals surface area contributed by atoms with Crippen molar-refractivity contribution in [2.75, 3.05) is 0 Å².